The Hall–Kier alpha value is -1.36. The summed E-state index contributed by atoms with van der Waals surface area (Å²) in [6.45, 7) is -0.232. The lowest BCUT2D eigenvalue weighted by Crippen LogP contribution is -2.46. The molecular formula is C4H6BrN3O7. The molecule has 0 aliphatic heterocycles. The SMILES string of the molecule is O=[N+]([O-])C(OCCBr)C([N+](=O)[O-])[N+](=O)[O-]. The second kappa shape index (κ2) is 6.19. The third-order valence-electron chi connectivity index (χ3n) is 1.26. The van der Waals surface area contributed by atoms with Crippen molar-refractivity contribution >= 4 is 15.9 Å². The van der Waals surface area contributed by atoms with Gasteiger partial charge < -0.3 is 4.74 Å². The van der Waals surface area contributed by atoms with Gasteiger partial charge in [-0.05, 0) is 0 Å². The van der Waals surface area contributed by atoms with E-state index in [-0.39, 0.29) is 11.9 Å². The minimum absolute atomic E-state index is 0.180. The Morgan fingerprint density at radius 3 is 1.80 bits per heavy atom. The van der Waals surface area contributed by atoms with Gasteiger partial charge in [0.2, 0.25) is 0 Å². The predicted octanol–water partition coefficient (Wildman–Crippen LogP) is -0.120. The third kappa shape index (κ3) is 4.12. The molecular weight excluding hydrogens is 282 g/mol. The summed E-state index contributed by atoms with van der Waals surface area (Å²) >= 11 is 2.86. The van der Waals surface area contributed by atoms with E-state index in [4.69, 9.17) is 0 Å². The van der Waals surface area contributed by atoms with E-state index in [1.54, 1.807) is 0 Å². The van der Waals surface area contributed by atoms with Crippen LogP contribution in [0, 0.1) is 30.3 Å². The van der Waals surface area contributed by atoms with E-state index in [1.807, 2.05) is 0 Å². The Kier molecular flexibility index (Phi) is 5.62. The first-order valence-corrected chi connectivity index (χ1v) is 4.62. The van der Waals surface area contributed by atoms with Crippen molar-refractivity contribution in [2.24, 2.45) is 0 Å². The summed E-state index contributed by atoms with van der Waals surface area (Å²) in [7, 11) is 0. The van der Waals surface area contributed by atoms with Crippen LogP contribution in [0.5, 0.6) is 0 Å². The number of alkyl halides is 1. The number of nitro groups is 3. The second-order valence-electron chi connectivity index (χ2n) is 2.22. The summed E-state index contributed by atoms with van der Waals surface area (Å²) in [5, 5.41) is 30.9. The average molecular weight is 288 g/mol. The normalized spacial score (nSPS) is 12.4. The molecule has 86 valence electrons. The molecule has 0 aromatic heterocycles. The predicted molar refractivity (Wildman–Crippen MR) is 48.3 cm³/mol. The van der Waals surface area contributed by atoms with Crippen molar-refractivity contribution in [3.8, 4) is 0 Å². The van der Waals surface area contributed by atoms with Crippen molar-refractivity contribution in [1.29, 1.82) is 0 Å². The van der Waals surface area contributed by atoms with Gasteiger partial charge in [-0.1, -0.05) is 15.9 Å². The van der Waals surface area contributed by atoms with Crippen LogP contribution >= 0.6 is 15.9 Å². The Bertz CT molecular complexity index is 257. The summed E-state index contributed by atoms with van der Waals surface area (Å²) in [6.07, 6.45) is -4.88. The number of ether oxygens (including phenoxy) is 1. The van der Waals surface area contributed by atoms with Crippen LogP contribution in [0.25, 0.3) is 0 Å². The zero-order valence-corrected chi connectivity index (χ0v) is 8.73. The van der Waals surface area contributed by atoms with Gasteiger partial charge in [0.05, 0.1) is 11.5 Å². The fraction of sp³-hybridized carbons (Fsp3) is 1.00. The van der Waals surface area contributed by atoms with Gasteiger partial charge >= 0.3 is 12.4 Å². The highest BCUT2D eigenvalue weighted by molar-refractivity contribution is 9.09. The standard InChI is InChI=1S/C4H6BrN3O7/c5-1-2-15-4(8(13)14)3(6(9)10)7(11)12/h3-4H,1-2H2. The molecule has 0 aromatic rings. The van der Waals surface area contributed by atoms with Crippen molar-refractivity contribution in [3.63, 3.8) is 0 Å². The number of hydrogen-bond acceptors (Lipinski definition) is 7. The fourth-order valence-corrected chi connectivity index (χ4v) is 0.893. The van der Waals surface area contributed by atoms with Gasteiger partial charge in [0.15, 0.2) is 0 Å². The molecule has 0 fully saturated rings. The lowest BCUT2D eigenvalue weighted by atomic mass is 10.4. The van der Waals surface area contributed by atoms with Crippen LogP contribution < -0.4 is 0 Å². The van der Waals surface area contributed by atoms with E-state index >= 15 is 0 Å². The molecule has 0 aliphatic carbocycles. The first kappa shape index (κ1) is 13.6. The molecule has 10 nitrogen and oxygen atoms in total. The van der Waals surface area contributed by atoms with E-state index in [9.17, 15) is 30.3 Å². The van der Waals surface area contributed by atoms with Gasteiger partial charge in [0.25, 0.3) is 0 Å². The van der Waals surface area contributed by atoms with E-state index in [0.29, 0.717) is 0 Å². The number of hydrogen-bond donors (Lipinski definition) is 0. The van der Waals surface area contributed by atoms with Crippen molar-refractivity contribution in [1.82, 2.24) is 0 Å². The lowest BCUT2D eigenvalue weighted by Gasteiger charge is -2.08. The summed E-state index contributed by atoms with van der Waals surface area (Å²) < 4.78 is 4.41. The van der Waals surface area contributed by atoms with Crippen molar-refractivity contribution < 1.29 is 19.5 Å². The topological polar surface area (TPSA) is 139 Å². The van der Waals surface area contributed by atoms with Crippen LogP contribution in [0.3, 0.4) is 0 Å². The van der Waals surface area contributed by atoms with Gasteiger partial charge in [-0.3, -0.25) is 30.3 Å². The molecule has 0 heterocycles. The largest absolute Gasteiger partial charge is 0.541 e. The Labute approximate surface area is 90.8 Å². The summed E-state index contributed by atoms with van der Waals surface area (Å²) in [5.41, 5.74) is 0. The van der Waals surface area contributed by atoms with Gasteiger partial charge in [-0.25, -0.2) is 0 Å². The molecule has 11 heteroatoms. The molecule has 15 heavy (non-hydrogen) atoms. The zero-order chi connectivity index (χ0) is 12.0. The molecule has 1 atom stereocenters. The minimum atomic E-state index is -2.60. The van der Waals surface area contributed by atoms with Crippen LogP contribution in [0.2, 0.25) is 0 Å². The molecule has 0 saturated carbocycles. The van der Waals surface area contributed by atoms with E-state index in [1.165, 1.54) is 0 Å². The maximum atomic E-state index is 10.3. The highest BCUT2D eigenvalue weighted by Crippen LogP contribution is 2.06. The maximum Gasteiger partial charge on any atom is 0.541 e. The van der Waals surface area contributed by atoms with Crippen LogP contribution in [-0.4, -0.2) is 39.1 Å². The maximum absolute atomic E-state index is 10.3. The molecule has 1 unspecified atom stereocenters. The Morgan fingerprint density at radius 2 is 1.53 bits per heavy atom. The van der Waals surface area contributed by atoms with Crippen LogP contribution in [0.1, 0.15) is 0 Å². The van der Waals surface area contributed by atoms with Gasteiger partial charge in [0, 0.05) is 5.33 Å². The number of rotatable bonds is 7. The molecule has 0 rings (SSSR count). The van der Waals surface area contributed by atoms with Crippen molar-refractivity contribution in [2.75, 3.05) is 11.9 Å². The molecule has 0 spiro atoms. The molecule has 0 amide bonds. The van der Waals surface area contributed by atoms with Crippen LogP contribution in [-0.2, 0) is 4.74 Å². The molecule has 0 radical (unpaired) electrons. The molecule has 0 N–H and O–H groups in total. The van der Waals surface area contributed by atoms with Crippen molar-refractivity contribution in [3.05, 3.63) is 30.3 Å². The number of halogens is 1. The summed E-state index contributed by atoms with van der Waals surface area (Å²) in [6, 6.07) is 0. The molecule has 0 aliphatic rings. The van der Waals surface area contributed by atoms with Crippen LogP contribution in [0.4, 0.5) is 0 Å². The molecule has 0 bridgehead atoms. The molecule has 0 aromatic carbocycles. The monoisotopic (exact) mass is 287 g/mol. The first-order chi connectivity index (χ1) is 6.91. The summed E-state index contributed by atoms with van der Waals surface area (Å²) in [4.78, 5) is 26.8. The van der Waals surface area contributed by atoms with E-state index in [2.05, 4.69) is 20.7 Å². The Morgan fingerprint density at radius 1 is 1.07 bits per heavy atom. The lowest BCUT2D eigenvalue weighted by molar-refractivity contribution is -0.800. The minimum Gasteiger partial charge on any atom is -0.305 e. The van der Waals surface area contributed by atoms with Crippen molar-refractivity contribution in [2.45, 2.75) is 12.4 Å². The second-order valence-corrected chi connectivity index (χ2v) is 3.01. The Balaban J connectivity index is 4.76. The quantitative estimate of drug-likeness (QED) is 0.275. The van der Waals surface area contributed by atoms with Crippen LogP contribution in [0.15, 0.2) is 0 Å². The van der Waals surface area contributed by atoms with Gasteiger partial charge in [-0.2, -0.15) is 0 Å². The van der Waals surface area contributed by atoms with Gasteiger partial charge in [0.1, 0.15) is 9.85 Å². The zero-order valence-electron chi connectivity index (χ0n) is 7.15. The highest BCUT2D eigenvalue weighted by atomic mass is 79.9. The first-order valence-electron chi connectivity index (χ1n) is 3.50. The third-order valence-corrected chi connectivity index (χ3v) is 1.58. The number of nitrogens with zero attached hydrogens (tertiary/aromatic N) is 3. The van der Waals surface area contributed by atoms with E-state index in [0.717, 1.165) is 0 Å². The molecule has 0 saturated heterocycles. The van der Waals surface area contributed by atoms with Gasteiger partial charge in [-0.15, -0.1) is 0 Å². The average Bonchev–Trinajstić information content (AvgIpc) is 2.09. The summed E-state index contributed by atoms with van der Waals surface area (Å²) in [5.74, 6) is 0. The smallest absolute Gasteiger partial charge is 0.305 e. The van der Waals surface area contributed by atoms with E-state index < -0.39 is 27.2 Å². The highest BCUT2D eigenvalue weighted by Gasteiger charge is 2.52. The fourth-order valence-electron chi connectivity index (χ4n) is 0.706.